The Hall–Kier alpha value is -2.92. The molecule has 0 aliphatic carbocycles. The SMILES string of the molecule is COC[C@H](C)OC(=O)/C(C#N)=C/c1ccc(N(C)C)c([N+](=O)[O-])c1. The number of nitrogens with zero attached hydrogens (tertiary/aromatic N) is 3. The van der Waals surface area contributed by atoms with Crippen LogP contribution >= 0.6 is 0 Å². The predicted octanol–water partition coefficient (Wildman–Crippen LogP) is 2.15. The minimum Gasteiger partial charge on any atom is -0.456 e. The van der Waals surface area contributed by atoms with Gasteiger partial charge in [0, 0.05) is 27.3 Å². The van der Waals surface area contributed by atoms with Crippen molar-refractivity contribution in [2.75, 3.05) is 32.7 Å². The summed E-state index contributed by atoms with van der Waals surface area (Å²) in [6.07, 6.45) is 0.749. The van der Waals surface area contributed by atoms with Gasteiger partial charge in [-0.05, 0) is 24.6 Å². The third-order valence-corrected chi connectivity index (χ3v) is 3.04. The molecule has 24 heavy (non-hydrogen) atoms. The summed E-state index contributed by atoms with van der Waals surface area (Å²) >= 11 is 0. The minimum absolute atomic E-state index is 0.118. The van der Waals surface area contributed by atoms with Crippen molar-refractivity contribution < 1.29 is 19.2 Å². The van der Waals surface area contributed by atoms with Crippen molar-refractivity contribution in [2.24, 2.45) is 0 Å². The van der Waals surface area contributed by atoms with Crippen molar-refractivity contribution in [3.05, 3.63) is 39.4 Å². The third kappa shape index (κ3) is 5.07. The number of benzene rings is 1. The van der Waals surface area contributed by atoms with Crippen LogP contribution in [0, 0.1) is 21.4 Å². The molecule has 0 heterocycles. The Balaban J connectivity index is 3.13. The third-order valence-electron chi connectivity index (χ3n) is 3.04. The number of hydrogen-bond acceptors (Lipinski definition) is 7. The second-order valence-electron chi connectivity index (χ2n) is 5.24. The Kier molecular flexibility index (Phi) is 6.89. The molecular formula is C16H19N3O5. The number of carbonyl (C=O) groups excluding carboxylic acids is 1. The van der Waals surface area contributed by atoms with Crippen LogP contribution in [0.2, 0.25) is 0 Å². The standard InChI is InChI=1S/C16H19N3O5/c1-11(10-23-4)24-16(20)13(9-17)7-12-5-6-14(18(2)3)15(8-12)19(21)22/h5-8,11H,10H2,1-4H3/b13-7+/t11-/m0/s1. The number of carbonyl (C=O) groups is 1. The van der Waals surface area contributed by atoms with E-state index in [2.05, 4.69) is 0 Å². The zero-order chi connectivity index (χ0) is 18.3. The van der Waals surface area contributed by atoms with E-state index in [1.54, 1.807) is 44.1 Å². The number of hydrogen-bond donors (Lipinski definition) is 0. The maximum Gasteiger partial charge on any atom is 0.349 e. The summed E-state index contributed by atoms with van der Waals surface area (Å²) in [5.74, 6) is -0.804. The van der Waals surface area contributed by atoms with E-state index < -0.39 is 17.0 Å². The highest BCUT2D eigenvalue weighted by molar-refractivity contribution is 5.98. The lowest BCUT2D eigenvalue weighted by molar-refractivity contribution is -0.384. The average molecular weight is 333 g/mol. The highest BCUT2D eigenvalue weighted by atomic mass is 16.6. The quantitative estimate of drug-likeness (QED) is 0.247. The zero-order valence-electron chi connectivity index (χ0n) is 14.0. The molecule has 1 aromatic rings. The average Bonchev–Trinajstić information content (AvgIpc) is 2.52. The molecule has 0 aliphatic heterocycles. The highest BCUT2D eigenvalue weighted by Gasteiger charge is 2.18. The molecular weight excluding hydrogens is 314 g/mol. The van der Waals surface area contributed by atoms with Crippen LogP contribution in [0.5, 0.6) is 0 Å². The lowest BCUT2D eigenvalue weighted by Gasteiger charge is -2.13. The molecule has 1 rings (SSSR count). The lowest BCUT2D eigenvalue weighted by atomic mass is 10.1. The maximum atomic E-state index is 11.9. The Bertz CT molecular complexity index is 691. The molecule has 0 bridgehead atoms. The lowest BCUT2D eigenvalue weighted by Crippen LogP contribution is -2.20. The fourth-order valence-electron chi connectivity index (χ4n) is 1.97. The van der Waals surface area contributed by atoms with Crippen LogP contribution in [0.3, 0.4) is 0 Å². The molecule has 0 saturated carbocycles. The second-order valence-corrected chi connectivity index (χ2v) is 5.24. The highest BCUT2D eigenvalue weighted by Crippen LogP contribution is 2.28. The smallest absolute Gasteiger partial charge is 0.349 e. The summed E-state index contributed by atoms with van der Waals surface area (Å²) in [4.78, 5) is 24.2. The van der Waals surface area contributed by atoms with Crippen LogP contribution in [-0.4, -0.2) is 44.8 Å². The van der Waals surface area contributed by atoms with Gasteiger partial charge in [-0.25, -0.2) is 4.79 Å². The molecule has 0 amide bonds. The van der Waals surface area contributed by atoms with Gasteiger partial charge in [-0.15, -0.1) is 0 Å². The van der Waals surface area contributed by atoms with Gasteiger partial charge >= 0.3 is 5.97 Å². The number of nitriles is 1. The van der Waals surface area contributed by atoms with E-state index in [0.717, 1.165) is 0 Å². The molecule has 0 N–H and O–H groups in total. The molecule has 0 unspecified atom stereocenters. The largest absolute Gasteiger partial charge is 0.456 e. The van der Waals surface area contributed by atoms with E-state index in [1.807, 2.05) is 0 Å². The number of nitro groups is 1. The van der Waals surface area contributed by atoms with Crippen molar-refractivity contribution in [1.29, 1.82) is 5.26 Å². The molecule has 1 atom stereocenters. The van der Waals surface area contributed by atoms with Gasteiger partial charge in [0.2, 0.25) is 0 Å². The molecule has 8 heteroatoms. The van der Waals surface area contributed by atoms with Crippen LogP contribution in [0.15, 0.2) is 23.8 Å². The number of methoxy groups -OCH3 is 1. The summed E-state index contributed by atoms with van der Waals surface area (Å²) in [6.45, 7) is 1.83. The van der Waals surface area contributed by atoms with E-state index in [9.17, 15) is 14.9 Å². The number of nitro benzene ring substituents is 1. The molecule has 128 valence electrons. The normalized spacial score (nSPS) is 12.2. The van der Waals surface area contributed by atoms with Gasteiger partial charge in [-0.3, -0.25) is 10.1 Å². The van der Waals surface area contributed by atoms with Crippen molar-refractivity contribution in [3.8, 4) is 6.07 Å². The monoisotopic (exact) mass is 333 g/mol. The van der Waals surface area contributed by atoms with E-state index >= 15 is 0 Å². The molecule has 0 spiro atoms. The van der Waals surface area contributed by atoms with Crippen molar-refractivity contribution in [3.63, 3.8) is 0 Å². The van der Waals surface area contributed by atoms with Gasteiger partial charge in [0.1, 0.15) is 23.4 Å². The van der Waals surface area contributed by atoms with Crippen molar-refractivity contribution in [2.45, 2.75) is 13.0 Å². The first-order chi connectivity index (χ1) is 11.3. The van der Waals surface area contributed by atoms with Crippen molar-refractivity contribution >= 4 is 23.4 Å². The van der Waals surface area contributed by atoms with E-state index in [-0.39, 0.29) is 17.9 Å². The molecule has 0 saturated heterocycles. The zero-order valence-corrected chi connectivity index (χ0v) is 14.0. The first kappa shape index (κ1) is 19.1. The number of anilines is 1. The van der Waals surface area contributed by atoms with Crippen molar-refractivity contribution in [1.82, 2.24) is 0 Å². The second kappa shape index (κ2) is 8.64. The van der Waals surface area contributed by atoms with Crippen LogP contribution in [-0.2, 0) is 14.3 Å². The van der Waals surface area contributed by atoms with E-state index in [1.165, 1.54) is 19.3 Å². The summed E-state index contributed by atoms with van der Waals surface area (Å²) < 4.78 is 9.91. The van der Waals surface area contributed by atoms with Crippen LogP contribution in [0.4, 0.5) is 11.4 Å². The van der Waals surface area contributed by atoms with Crippen LogP contribution < -0.4 is 4.90 Å². The first-order valence-corrected chi connectivity index (χ1v) is 7.07. The number of ether oxygens (including phenoxy) is 2. The number of rotatable bonds is 7. The predicted molar refractivity (Wildman–Crippen MR) is 88.4 cm³/mol. The molecule has 8 nitrogen and oxygen atoms in total. The molecule has 0 aromatic heterocycles. The summed E-state index contributed by atoms with van der Waals surface area (Å²) in [5, 5.41) is 20.3. The summed E-state index contributed by atoms with van der Waals surface area (Å²) in [5.41, 5.74) is 0.421. The Morgan fingerprint density at radius 1 is 1.50 bits per heavy atom. The van der Waals surface area contributed by atoms with E-state index in [0.29, 0.717) is 11.3 Å². The molecule has 0 fully saturated rings. The van der Waals surface area contributed by atoms with Gasteiger partial charge in [-0.1, -0.05) is 6.07 Å². The minimum atomic E-state index is -0.804. The van der Waals surface area contributed by atoms with Crippen LogP contribution in [0.1, 0.15) is 12.5 Å². The first-order valence-electron chi connectivity index (χ1n) is 7.07. The fourth-order valence-corrected chi connectivity index (χ4v) is 1.97. The Morgan fingerprint density at radius 3 is 2.67 bits per heavy atom. The molecule has 1 aromatic carbocycles. The van der Waals surface area contributed by atoms with Gasteiger partial charge in [0.25, 0.3) is 5.69 Å². The summed E-state index contributed by atoms with van der Waals surface area (Å²) in [6, 6.07) is 6.20. The number of esters is 1. The van der Waals surface area contributed by atoms with Gasteiger partial charge in [0.15, 0.2) is 0 Å². The topological polar surface area (TPSA) is 106 Å². The Labute approximate surface area is 140 Å². The van der Waals surface area contributed by atoms with Gasteiger partial charge in [-0.2, -0.15) is 5.26 Å². The summed E-state index contributed by atoms with van der Waals surface area (Å²) in [7, 11) is 4.84. The van der Waals surface area contributed by atoms with Gasteiger partial charge in [0.05, 0.1) is 11.5 Å². The maximum absolute atomic E-state index is 11.9. The van der Waals surface area contributed by atoms with E-state index in [4.69, 9.17) is 14.7 Å². The fraction of sp³-hybridized carbons (Fsp3) is 0.375. The Morgan fingerprint density at radius 2 is 2.17 bits per heavy atom. The molecule has 0 radical (unpaired) electrons. The van der Waals surface area contributed by atoms with Gasteiger partial charge < -0.3 is 14.4 Å². The van der Waals surface area contributed by atoms with Crippen LogP contribution in [0.25, 0.3) is 6.08 Å². The molecule has 0 aliphatic rings.